The molecule has 40 heavy (non-hydrogen) atoms. The summed E-state index contributed by atoms with van der Waals surface area (Å²) in [5.74, 6) is 0.0265. The minimum absolute atomic E-state index is 0.0237. The number of aryl methyl sites for hydroxylation is 1. The lowest BCUT2D eigenvalue weighted by Gasteiger charge is -2.32. The Hall–Kier alpha value is -3.28. The topological polar surface area (TPSA) is 45.2 Å². The molecule has 0 aliphatic heterocycles. The van der Waals surface area contributed by atoms with Crippen LogP contribution in [0.15, 0.2) is 48.7 Å². The lowest BCUT2D eigenvalue weighted by Crippen LogP contribution is -2.42. The van der Waals surface area contributed by atoms with Crippen molar-refractivity contribution in [3.05, 3.63) is 76.7 Å². The molecule has 0 spiro atoms. The Bertz CT molecular complexity index is 1360. The average molecular weight is 588 g/mol. The van der Waals surface area contributed by atoms with E-state index in [-0.39, 0.29) is 11.8 Å². The fraction of sp³-hybridized carbons (Fsp3) is 0.357. The van der Waals surface area contributed by atoms with E-state index in [1.807, 2.05) is 6.26 Å². The van der Waals surface area contributed by atoms with Crippen LogP contribution in [0, 0.1) is 12.7 Å². The number of rotatable bonds is 8. The van der Waals surface area contributed by atoms with Crippen molar-refractivity contribution in [2.45, 2.75) is 38.5 Å². The molecule has 0 aliphatic rings. The average Bonchev–Trinajstić information content (AvgIpc) is 2.86. The minimum Gasteiger partial charge on any atom is -0.369 e. The van der Waals surface area contributed by atoms with Crippen molar-refractivity contribution < 1.29 is 35.5 Å². The van der Waals surface area contributed by atoms with Crippen LogP contribution >= 0.6 is 11.8 Å². The maximum Gasteiger partial charge on any atom is 0.416 e. The second-order valence-electron chi connectivity index (χ2n) is 9.75. The van der Waals surface area contributed by atoms with E-state index in [0.29, 0.717) is 41.2 Å². The Morgan fingerprint density at radius 2 is 1.50 bits per heavy atom. The molecule has 0 bridgehead atoms. The molecular formula is C28H28F7N3OS. The Labute approximate surface area is 232 Å². The monoisotopic (exact) mass is 587 g/mol. The number of carbonyl (C=O) groups is 1. The van der Waals surface area contributed by atoms with Crippen LogP contribution in [0.3, 0.4) is 0 Å². The van der Waals surface area contributed by atoms with Gasteiger partial charge in [-0.15, -0.1) is 0 Å². The second kappa shape index (κ2) is 11.7. The molecule has 3 rings (SSSR count). The fourth-order valence-electron chi connectivity index (χ4n) is 4.21. The van der Waals surface area contributed by atoms with Crippen LogP contribution in [0.1, 0.15) is 36.1 Å². The van der Waals surface area contributed by atoms with Gasteiger partial charge in [0.25, 0.3) is 0 Å². The first-order chi connectivity index (χ1) is 18.5. The first kappa shape index (κ1) is 31.3. The highest BCUT2D eigenvalue weighted by Gasteiger charge is 2.41. The van der Waals surface area contributed by atoms with Gasteiger partial charge in [0, 0.05) is 24.9 Å². The third-order valence-electron chi connectivity index (χ3n) is 6.48. The van der Waals surface area contributed by atoms with Crippen molar-refractivity contribution in [2.24, 2.45) is 0 Å². The number of alkyl halides is 6. The molecule has 3 aromatic rings. The number of likely N-dealkylation sites (N-methyl/N-ethyl adjacent to an activating group) is 1. The van der Waals surface area contributed by atoms with Gasteiger partial charge in [0.1, 0.15) is 11.6 Å². The normalized spacial score (nSPS) is 12.4. The SMILES string of the molecule is CSCCNc1cc(-c2ccc(F)cc2C)c(N(C)C(=O)C(C)(C)c2cc(C(F)(F)F)cc(C(F)(F)F)c2)cn1. The van der Waals surface area contributed by atoms with E-state index < -0.39 is 46.2 Å². The Morgan fingerprint density at radius 3 is 2.02 bits per heavy atom. The smallest absolute Gasteiger partial charge is 0.369 e. The van der Waals surface area contributed by atoms with E-state index in [1.54, 1.807) is 24.8 Å². The summed E-state index contributed by atoms with van der Waals surface area (Å²) in [6, 6.07) is 6.90. The highest BCUT2D eigenvalue weighted by Crippen LogP contribution is 2.41. The number of amides is 1. The van der Waals surface area contributed by atoms with Crippen LogP contribution in [-0.4, -0.2) is 36.5 Å². The van der Waals surface area contributed by atoms with Gasteiger partial charge in [0.2, 0.25) is 5.91 Å². The lowest BCUT2D eigenvalue weighted by molar-refractivity contribution is -0.143. The van der Waals surface area contributed by atoms with Crippen molar-refractivity contribution in [1.29, 1.82) is 0 Å². The summed E-state index contributed by atoms with van der Waals surface area (Å²) in [7, 11) is 1.36. The van der Waals surface area contributed by atoms with Crippen LogP contribution in [0.5, 0.6) is 0 Å². The third kappa shape index (κ3) is 6.89. The maximum absolute atomic E-state index is 13.9. The van der Waals surface area contributed by atoms with Gasteiger partial charge in [-0.2, -0.15) is 38.1 Å². The molecule has 216 valence electrons. The molecule has 0 radical (unpaired) electrons. The molecule has 0 fully saturated rings. The third-order valence-corrected chi connectivity index (χ3v) is 7.10. The summed E-state index contributed by atoms with van der Waals surface area (Å²) in [5.41, 5.74) is -3.43. The standard InChI is InChI=1S/C28H28F7N3OS/c1-16-10-20(29)6-7-21(16)22-14-24(36-8-9-40-5)37-15-23(22)38(4)25(39)26(2,3)17-11-18(27(30,31)32)13-19(12-17)28(33,34)35/h6-7,10-15H,8-9H2,1-5H3,(H,36,37). The molecule has 0 saturated heterocycles. The Morgan fingerprint density at radius 1 is 0.925 bits per heavy atom. The van der Waals surface area contributed by atoms with Gasteiger partial charge in [0.05, 0.1) is 28.4 Å². The fourth-order valence-corrected chi connectivity index (χ4v) is 4.51. The lowest BCUT2D eigenvalue weighted by atomic mass is 9.81. The number of thioether (sulfide) groups is 1. The van der Waals surface area contributed by atoms with E-state index in [4.69, 9.17) is 0 Å². The predicted molar refractivity (Wildman–Crippen MR) is 144 cm³/mol. The Kier molecular flexibility index (Phi) is 9.12. The van der Waals surface area contributed by atoms with E-state index in [1.165, 1.54) is 45.3 Å². The van der Waals surface area contributed by atoms with Gasteiger partial charge in [-0.25, -0.2) is 9.37 Å². The molecule has 2 aromatic carbocycles. The first-order valence-corrected chi connectivity index (χ1v) is 13.4. The first-order valence-electron chi connectivity index (χ1n) is 12.0. The zero-order valence-electron chi connectivity index (χ0n) is 22.4. The molecule has 4 nitrogen and oxygen atoms in total. The zero-order valence-corrected chi connectivity index (χ0v) is 23.2. The number of pyridine rings is 1. The minimum atomic E-state index is -5.06. The van der Waals surface area contributed by atoms with E-state index in [9.17, 15) is 35.5 Å². The highest BCUT2D eigenvalue weighted by atomic mass is 32.2. The number of halogens is 7. The molecule has 1 aromatic heterocycles. The Balaban J connectivity index is 2.13. The van der Waals surface area contributed by atoms with Gasteiger partial charge < -0.3 is 10.2 Å². The summed E-state index contributed by atoms with van der Waals surface area (Å²) in [6.07, 6.45) is -6.79. The molecule has 12 heteroatoms. The van der Waals surface area contributed by atoms with Gasteiger partial charge in [-0.1, -0.05) is 6.07 Å². The van der Waals surface area contributed by atoms with Gasteiger partial charge in [0.15, 0.2) is 0 Å². The van der Waals surface area contributed by atoms with E-state index >= 15 is 0 Å². The van der Waals surface area contributed by atoms with Crippen LogP contribution in [0.4, 0.5) is 42.2 Å². The number of anilines is 2. The molecule has 0 atom stereocenters. The van der Waals surface area contributed by atoms with Crippen molar-refractivity contribution in [3.63, 3.8) is 0 Å². The number of benzene rings is 2. The van der Waals surface area contributed by atoms with Crippen LogP contribution in [0.25, 0.3) is 11.1 Å². The van der Waals surface area contributed by atoms with Crippen molar-refractivity contribution in [1.82, 2.24) is 4.98 Å². The van der Waals surface area contributed by atoms with Crippen LogP contribution in [-0.2, 0) is 22.6 Å². The van der Waals surface area contributed by atoms with Crippen LogP contribution < -0.4 is 10.2 Å². The summed E-state index contributed by atoms with van der Waals surface area (Å²) in [6.45, 7) is 4.79. The van der Waals surface area contributed by atoms with Crippen LogP contribution in [0.2, 0.25) is 0 Å². The highest BCUT2D eigenvalue weighted by molar-refractivity contribution is 7.98. The van der Waals surface area contributed by atoms with Crippen molar-refractivity contribution in [3.8, 4) is 11.1 Å². The molecule has 1 N–H and O–H groups in total. The number of aromatic nitrogens is 1. The number of carbonyl (C=O) groups excluding carboxylic acids is 1. The van der Waals surface area contributed by atoms with Gasteiger partial charge in [-0.05, 0) is 80.1 Å². The molecule has 1 amide bonds. The van der Waals surface area contributed by atoms with E-state index in [0.717, 1.165) is 10.7 Å². The zero-order chi connectivity index (χ0) is 30.0. The second-order valence-corrected chi connectivity index (χ2v) is 10.7. The van der Waals surface area contributed by atoms with E-state index in [2.05, 4.69) is 10.3 Å². The summed E-state index contributed by atoms with van der Waals surface area (Å²) < 4.78 is 94.9. The molecule has 0 saturated carbocycles. The molecular weight excluding hydrogens is 559 g/mol. The molecule has 0 aliphatic carbocycles. The van der Waals surface area contributed by atoms with Crippen molar-refractivity contribution >= 4 is 29.2 Å². The number of nitrogens with zero attached hydrogens (tertiary/aromatic N) is 2. The summed E-state index contributed by atoms with van der Waals surface area (Å²) in [4.78, 5) is 19.3. The largest absolute Gasteiger partial charge is 0.416 e. The number of nitrogens with one attached hydrogen (secondary N) is 1. The number of hydrogen-bond acceptors (Lipinski definition) is 4. The summed E-state index contributed by atoms with van der Waals surface area (Å²) >= 11 is 1.62. The predicted octanol–water partition coefficient (Wildman–Crippen LogP) is 7.95. The summed E-state index contributed by atoms with van der Waals surface area (Å²) in [5, 5.41) is 3.16. The number of hydrogen-bond donors (Lipinski definition) is 1. The molecule has 0 unspecified atom stereocenters. The van der Waals surface area contributed by atoms with Gasteiger partial charge in [-0.3, -0.25) is 4.79 Å². The molecule has 1 heterocycles. The quantitative estimate of drug-likeness (QED) is 0.215. The van der Waals surface area contributed by atoms with Crippen molar-refractivity contribution in [2.75, 3.05) is 35.8 Å². The maximum atomic E-state index is 13.9. The van der Waals surface area contributed by atoms with Gasteiger partial charge >= 0.3 is 12.4 Å².